The third-order valence-corrected chi connectivity index (χ3v) is 8.32. The van der Waals surface area contributed by atoms with Gasteiger partial charge >= 0.3 is 0 Å². The molecule has 2 heterocycles. The van der Waals surface area contributed by atoms with Crippen LogP contribution in [0.4, 0.5) is 0 Å². The molecule has 0 radical (unpaired) electrons. The highest BCUT2D eigenvalue weighted by molar-refractivity contribution is 7.89. The van der Waals surface area contributed by atoms with Crippen molar-refractivity contribution < 1.29 is 13.2 Å². The summed E-state index contributed by atoms with van der Waals surface area (Å²) in [6.07, 6.45) is 4.94. The van der Waals surface area contributed by atoms with E-state index in [0.717, 1.165) is 49.8 Å². The molecule has 0 spiro atoms. The molecular weight excluding hydrogens is 360 g/mol. The van der Waals surface area contributed by atoms with Crippen molar-refractivity contribution in [1.29, 1.82) is 0 Å². The molecule has 2 aliphatic heterocycles. The first-order chi connectivity index (χ1) is 12.7. The minimum absolute atomic E-state index is 0.0472. The van der Waals surface area contributed by atoms with Crippen LogP contribution in [0.5, 0.6) is 0 Å². The minimum atomic E-state index is -3.58. The molecule has 2 fully saturated rings. The van der Waals surface area contributed by atoms with E-state index in [1.807, 2.05) is 24.8 Å². The maximum absolute atomic E-state index is 13.3. The molecule has 1 atom stereocenters. The minimum Gasteiger partial charge on any atom is -0.336 e. The number of amides is 1. The lowest BCUT2D eigenvalue weighted by Gasteiger charge is -2.34. The zero-order valence-corrected chi connectivity index (χ0v) is 17.8. The van der Waals surface area contributed by atoms with Crippen LogP contribution in [0.2, 0.25) is 0 Å². The number of hydrogen-bond donors (Lipinski definition) is 0. The Labute approximate surface area is 163 Å². The summed E-state index contributed by atoms with van der Waals surface area (Å²) in [6, 6.07) is 3.66. The van der Waals surface area contributed by atoms with Crippen LogP contribution in [0.3, 0.4) is 0 Å². The van der Waals surface area contributed by atoms with Gasteiger partial charge in [-0.1, -0.05) is 6.92 Å². The third kappa shape index (κ3) is 4.06. The number of benzene rings is 1. The molecule has 3 rings (SSSR count). The molecule has 1 amide bonds. The van der Waals surface area contributed by atoms with Gasteiger partial charge in [-0.2, -0.15) is 4.31 Å². The maximum atomic E-state index is 13.3. The topological polar surface area (TPSA) is 57.7 Å². The van der Waals surface area contributed by atoms with E-state index in [4.69, 9.17) is 0 Å². The van der Waals surface area contributed by atoms with Crippen LogP contribution in [0.15, 0.2) is 17.0 Å². The molecule has 0 aliphatic carbocycles. The van der Waals surface area contributed by atoms with Crippen LogP contribution in [-0.4, -0.2) is 49.2 Å². The highest BCUT2D eigenvalue weighted by Gasteiger charge is 2.31. The van der Waals surface area contributed by atoms with E-state index in [0.29, 0.717) is 29.5 Å². The number of rotatable bonds is 3. The predicted molar refractivity (Wildman–Crippen MR) is 107 cm³/mol. The van der Waals surface area contributed by atoms with Crippen LogP contribution < -0.4 is 0 Å². The van der Waals surface area contributed by atoms with Crippen LogP contribution >= 0.6 is 0 Å². The van der Waals surface area contributed by atoms with Crippen molar-refractivity contribution in [3.8, 4) is 0 Å². The zero-order chi connectivity index (χ0) is 19.8. The first-order valence-electron chi connectivity index (χ1n) is 10.1. The predicted octanol–water partition coefficient (Wildman–Crippen LogP) is 3.74. The lowest BCUT2D eigenvalue weighted by atomic mass is 10.0. The number of nitrogens with zero attached hydrogens (tertiary/aromatic N) is 2. The molecule has 0 N–H and O–H groups in total. The van der Waals surface area contributed by atoms with Gasteiger partial charge in [0.05, 0.1) is 4.90 Å². The first kappa shape index (κ1) is 20.3. The van der Waals surface area contributed by atoms with Crippen molar-refractivity contribution in [3.05, 3.63) is 28.8 Å². The van der Waals surface area contributed by atoms with Crippen molar-refractivity contribution in [2.24, 2.45) is 5.92 Å². The van der Waals surface area contributed by atoms with Crippen molar-refractivity contribution >= 4 is 15.9 Å². The van der Waals surface area contributed by atoms with Crippen LogP contribution in [-0.2, 0) is 10.0 Å². The summed E-state index contributed by atoms with van der Waals surface area (Å²) in [4.78, 5) is 15.3. The summed E-state index contributed by atoms with van der Waals surface area (Å²) < 4.78 is 28.2. The lowest BCUT2D eigenvalue weighted by Crippen LogP contribution is -2.42. The second kappa shape index (κ2) is 7.92. The van der Waals surface area contributed by atoms with E-state index in [-0.39, 0.29) is 11.9 Å². The maximum Gasteiger partial charge on any atom is 0.254 e. The summed E-state index contributed by atoms with van der Waals surface area (Å²) in [7, 11) is -3.58. The lowest BCUT2D eigenvalue weighted by molar-refractivity contribution is 0.0635. The Bertz CT molecular complexity index is 811. The molecule has 5 nitrogen and oxygen atoms in total. The van der Waals surface area contributed by atoms with Gasteiger partial charge in [-0.3, -0.25) is 4.79 Å². The number of carbonyl (C=O) groups excluding carboxylic acids is 1. The number of piperidine rings is 2. The van der Waals surface area contributed by atoms with Gasteiger partial charge in [-0.25, -0.2) is 8.42 Å². The summed E-state index contributed by atoms with van der Waals surface area (Å²) in [5, 5.41) is 0. The second-order valence-electron chi connectivity index (χ2n) is 8.35. The standard InChI is InChI=1S/C21H32N2O3S/c1-15-8-11-22(12-9-15)27(25,26)20-14-19(13-16(2)18(20)4)21(24)23-10-6-5-7-17(23)3/h13-15,17H,5-12H2,1-4H3. The van der Waals surface area contributed by atoms with E-state index in [1.165, 1.54) is 0 Å². The van der Waals surface area contributed by atoms with Gasteiger partial charge in [0.15, 0.2) is 0 Å². The van der Waals surface area contributed by atoms with Crippen LogP contribution in [0, 0.1) is 19.8 Å². The van der Waals surface area contributed by atoms with E-state index in [2.05, 4.69) is 13.8 Å². The fourth-order valence-electron chi connectivity index (χ4n) is 4.15. The Morgan fingerprint density at radius 3 is 2.30 bits per heavy atom. The summed E-state index contributed by atoms with van der Waals surface area (Å²) >= 11 is 0. The van der Waals surface area contributed by atoms with Gasteiger partial charge in [0, 0.05) is 31.2 Å². The number of hydrogen-bond acceptors (Lipinski definition) is 3. The Morgan fingerprint density at radius 2 is 1.67 bits per heavy atom. The number of aryl methyl sites for hydroxylation is 1. The van der Waals surface area contributed by atoms with Crippen molar-refractivity contribution in [3.63, 3.8) is 0 Å². The quantitative estimate of drug-likeness (QED) is 0.787. The normalized spacial score (nSPS) is 22.8. The van der Waals surface area contributed by atoms with Crippen LogP contribution in [0.25, 0.3) is 0 Å². The molecule has 2 saturated heterocycles. The van der Waals surface area contributed by atoms with E-state index < -0.39 is 10.0 Å². The Hall–Kier alpha value is -1.40. The summed E-state index contributed by atoms with van der Waals surface area (Å²) in [5.41, 5.74) is 2.10. The molecule has 0 saturated carbocycles. The smallest absolute Gasteiger partial charge is 0.254 e. The van der Waals surface area contributed by atoms with Crippen LogP contribution in [0.1, 0.15) is 67.4 Å². The highest BCUT2D eigenvalue weighted by atomic mass is 32.2. The van der Waals surface area contributed by atoms with Gasteiger partial charge in [-0.15, -0.1) is 0 Å². The molecule has 6 heteroatoms. The molecule has 1 aromatic carbocycles. The fraction of sp³-hybridized carbons (Fsp3) is 0.667. The number of sulfonamides is 1. The van der Waals surface area contributed by atoms with Gasteiger partial charge < -0.3 is 4.90 Å². The molecule has 0 aromatic heterocycles. The van der Waals surface area contributed by atoms with E-state index in [1.54, 1.807) is 10.4 Å². The summed E-state index contributed by atoms with van der Waals surface area (Å²) in [5.74, 6) is 0.516. The third-order valence-electron chi connectivity index (χ3n) is 6.29. The average molecular weight is 393 g/mol. The van der Waals surface area contributed by atoms with E-state index in [9.17, 15) is 13.2 Å². The van der Waals surface area contributed by atoms with Gasteiger partial charge in [0.2, 0.25) is 10.0 Å². The molecule has 1 unspecified atom stereocenters. The molecule has 27 heavy (non-hydrogen) atoms. The fourth-order valence-corrected chi connectivity index (χ4v) is 5.94. The number of likely N-dealkylation sites (tertiary alicyclic amines) is 1. The van der Waals surface area contributed by atoms with E-state index >= 15 is 0 Å². The highest BCUT2D eigenvalue weighted by Crippen LogP contribution is 2.29. The Morgan fingerprint density at radius 1 is 1.00 bits per heavy atom. The molecule has 2 aliphatic rings. The number of carbonyl (C=O) groups is 1. The molecule has 1 aromatic rings. The van der Waals surface area contributed by atoms with Gasteiger partial charge in [-0.05, 0) is 82.1 Å². The van der Waals surface area contributed by atoms with Crippen molar-refractivity contribution in [2.75, 3.05) is 19.6 Å². The summed E-state index contributed by atoms with van der Waals surface area (Å²) in [6.45, 7) is 9.84. The first-order valence-corrected chi connectivity index (χ1v) is 11.6. The van der Waals surface area contributed by atoms with Gasteiger partial charge in [0.25, 0.3) is 5.91 Å². The SMILES string of the molecule is Cc1cc(C(=O)N2CCCCC2C)cc(S(=O)(=O)N2CCC(C)CC2)c1C. The monoisotopic (exact) mass is 392 g/mol. The Balaban J connectivity index is 1.95. The van der Waals surface area contributed by atoms with Gasteiger partial charge in [0.1, 0.15) is 0 Å². The molecule has 0 bridgehead atoms. The second-order valence-corrected chi connectivity index (χ2v) is 10.3. The van der Waals surface area contributed by atoms with Crippen molar-refractivity contribution in [2.45, 2.75) is 70.7 Å². The zero-order valence-electron chi connectivity index (χ0n) is 17.0. The molecular formula is C21H32N2O3S. The average Bonchev–Trinajstić information content (AvgIpc) is 2.64. The largest absolute Gasteiger partial charge is 0.336 e. The Kier molecular flexibility index (Phi) is 5.96. The van der Waals surface area contributed by atoms with Crippen molar-refractivity contribution in [1.82, 2.24) is 9.21 Å². The molecule has 150 valence electrons.